The number of anilines is 1. The highest BCUT2D eigenvalue weighted by Crippen LogP contribution is 2.38. The lowest BCUT2D eigenvalue weighted by Crippen LogP contribution is -2.36. The van der Waals surface area contributed by atoms with Crippen molar-refractivity contribution in [1.29, 1.82) is 0 Å². The van der Waals surface area contributed by atoms with Gasteiger partial charge in [-0.1, -0.05) is 30.3 Å². The topological polar surface area (TPSA) is 86.8 Å². The van der Waals surface area contributed by atoms with Crippen LogP contribution in [0.25, 0.3) is 11.3 Å². The fourth-order valence-electron chi connectivity index (χ4n) is 5.01. The summed E-state index contributed by atoms with van der Waals surface area (Å²) >= 11 is 0. The van der Waals surface area contributed by atoms with Gasteiger partial charge in [-0.3, -0.25) is 14.3 Å². The number of carbonyl (C=O) groups excluding carboxylic acids is 1. The zero-order valence-electron chi connectivity index (χ0n) is 21.1. The van der Waals surface area contributed by atoms with Crippen LogP contribution in [0.3, 0.4) is 0 Å². The number of ether oxygens (including phenoxy) is 2. The van der Waals surface area contributed by atoms with Gasteiger partial charge in [0.15, 0.2) is 11.5 Å². The highest BCUT2D eigenvalue weighted by Gasteiger charge is 2.25. The SMILES string of the molecule is COc1cc2c(cc1OC)-c1cc(N(CC[C@H](c3ccccc3)c3ccco3)C(C)=O)nc(=O)n1CC2. The second-order valence-corrected chi connectivity index (χ2v) is 8.99. The number of hydrogen-bond donors (Lipinski definition) is 0. The monoisotopic (exact) mass is 499 g/mol. The van der Waals surface area contributed by atoms with Crippen LogP contribution in [0.5, 0.6) is 11.5 Å². The molecule has 1 aliphatic heterocycles. The maximum absolute atomic E-state index is 13.1. The van der Waals surface area contributed by atoms with Gasteiger partial charge < -0.3 is 13.9 Å². The Balaban J connectivity index is 1.51. The van der Waals surface area contributed by atoms with E-state index in [9.17, 15) is 9.59 Å². The molecular formula is C29H29N3O5. The second-order valence-electron chi connectivity index (χ2n) is 8.99. The van der Waals surface area contributed by atoms with Crippen LogP contribution in [0.15, 0.2) is 76.1 Å². The summed E-state index contributed by atoms with van der Waals surface area (Å²) in [6, 6.07) is 19.5. The Morgan fingerprint density at radius 1 is 1.08 bits per heavy atom. The van der Waals surface area contributed by atoms with Gasteiger partial charge in [-0.05, 0) is 48.2 Å². The smallest absolute Gasteiger partial charge is 0.350 e. The molecule has 0 spiro atoms. The maximum Gasteiger partial charge on any atom is 0.350 e. The van der Waals surface area contributed by atoms with Gasteiger partial charge in [0.2, 0.25) is 5.91 Å². The predicted molar refractivity (Wildman–Crippen MR) is 140 cm³/mol. The number of aromatic nitrogens is 2. The number of nitrogens with zero attached hydrogens (tertiary/aromatic N) is 3. The van der Waals surface area contributed by atoms with Crippen molar-refractivity contribution in [2.75, 3.05) is 25.7 Å². The summed E-state index contributed by atoms with van der Waals surface area (Å²) < 4.78 is 18.3. The second kappa shape index (κ2) is 10.3. The van der Waals surface area contributed by atoms with Crippen LogP contribution in [0.2, 0.25) is 0 Å². The summed E-state index contributed by atoms with van der Waals surface area (Å²) in [6.07, 6.45) is 2.92. The molecule has 0 radical (unpaired) electrons. The lowest BCUT2D eigenvalue weighted by molar-refractivity contribution is -0.116. The molecular weight excluding hydrogens is 470 g/mol. The number of fused-ring (bicyclic) bond motifs is 3. The van der Waals surface area contributed by atoms with E-state index in [1.54, 1.807) is 29.9 Å². The van der Waals surface area contributed by atoms with Crippen molar-refractivity contribution in [2.45, 2.75) is 32.2 Å². The summed E-state index contributed by atoms with van der Waals surface area (Å²) in [5.41, 5.74) is 3.32. The number of rotatable bonds is 8. The van der Waals surface area contributed by atoms with Gasteiger partial charge in [0.25, 0.3) is 0 Å². The molecule has 190 valence electrons. The fourth-order valence-corrected chi connectivity index (χ4v) is 5.01. The lowest BCUT2D eigenvalue weighted by atomic mass is 9.93. The molecule has 0 aliphatic carbocycles. The van der Waals surface area contributed by atoms with Crippen LogP contribution < -0.4 is 20.1 Å². The largest absolute Gasteiger partial charge is 0.493 e. The fraction of sp³-hybridized carbons (Fsp3) is 0.276. The Kier molecular flexibility index (Phi) is 6.81. The molecule has 8 heteroatoms. The molecule has 0 bridgehead atoms. The Morgan fingerprint density at radius 3 is 2.51 bits per heavy atom. The van der Waals surface area contributed by atoms with Crippen molar-refractivity contribution >= 4 is 11.7 Å². The molecule has 0 saturated heterocycles. The van der Waals surface area contributed by atoms with Gasteiger partial charge in [-0.2, -0.15) is 4.98 Å². The molecule has 3 heterocycles. The molecule has 0 N–H and O–H groups in total. The molecule has 5 rings (SSSR count). The average molecular weight is 500 g/mol. The van der Waals surface area contributed by atoms with E-state index in [0.717, 1.165) is 22.5 Å². The van der Waals surface area contributed by atoms with E-state index in [1.165, 1.54) is 6.92 Å². The van der Waals surface area contributed by atoms with Crippen molar-refractivity contribution in [3.05, 3.63) is 94.3 Å². The van der Waals surface area contributed by atoms with Crippen LogP contribution in [0.4, 0.5) is 5.82 Å². The summed E-state index contributed by atoms with van der Waals surface area (Å²) in [4.78, 5) is 31.8. The molecule has 2 aromatic carbocycles. The first-order valence-corrected chi connectivity index (χ1v) is 12.2. The van der Waals surface area contributed by atoms with Crippen molar-refractivity contribution in [3.63, 3.8) is 0 Å². The highest BCUT2D eigenvalue weighted by atomic mass is 16.5. The first kappa shape index (κ1) is 24.4. The minimum absolute atomic E-state index is 0.0470. The third-order valence-electron chi connectivity index (χ3n) is 6.87. The number of methoxy groups -OCH3 is 2. The average Bonchev–Trinajstić information content (AvgIpc) is 3.45. The Morgan fingerprint density at radius 2 is 1.84 bits per heavy atom. The Bertz CT molecular complexity index is 1460. The third-order valence-corrected chi connectivity index (χ3v) is 6.87. The van der Waals surface area contributed by atoms with Crippen LogP contribution in [0, 0.1) is 0 Å². The molecule has 4 aromatic rings. The molecule has 0 fully saturated rings. The maximum atomic E-state index is 13.1. The van der Waals surface area contributed by atoms with Gasteiger partial charge >= 0.3 is 5.69 Å². The van der Waals surface area contributed by atoms with Gasteiger partial charge in [0.1, 0.15) is 11.6 Å². The molecule has 1 atom stereocenters. The summed E-state index contributed by atoms with van der Waals surface area (Å²) in [6.45, 7) is 2.36. The van der Waals surface area contributed by atoms with Gasteiger partial charge in [0.05, 0.1) is 26.2 Å². The third kappa shape index (κ3) is 4.74. The molecule has 0 unspecified atom stereocenters. The van der Waals surface area contributed by atoms with Gasteiger partial charge in [-0.15, -0.1) is 0 Å². The number of carbonyl (C=O) groups is 1. The van der Waals surface area contributed by atoms with E-state index >= 15 is 0 Å². The number of furan rings is 1. The Hall–Kier alpha value is -4.33. The van der Waals surface area contributed by atoms with Crippen LogP contribution in [-0.2, 0) is 17.8 Å². The Labute approximate surface area is 215 Å². The summed E-state index contributed by atoms with van der Waals surface area (Å²) in [5.74, 6) is 2.14. The molecule has 1 aliphatic rings. The lowest BCUT2D eigenvalue weighted by Gasteiger charge is -2.27. The van der Waals surface area contributed by atoms with Crippen molar-refractivity contribution in [1.82, 2.24) is 9.55 Å². The minimum Gasteiger partial charge on any atom is -0.493 e. The van der Waals surface area contributed by atoms with E-state index in [4.69, 9.17) is 13.9 Å². The summed E-state index contributed by atoms with van der Waals surface area (Å²) in [7, 11) is 3.18. The predicted octanol–water partition coefficient (Wildman–Crippen LogP) is 4.65. The normalized spacial score (nSPS) is 12.8. The zero-order chi connectivity index (χ0) is 25.9. The van der Waals surface area contributed by atoms with E-state index < -0.39 is 0 Å². The van der Waals surface area contributed by atoms with Crippen molar-refractivity contribution in [3.8, 4) is 22.8 Å². The molecule has 1 amide bonds. The van der Waals surface area contributed by atoms with Gasteiger partial charge in [0, 0.05) is 37.6 Å². The first-order valence-electron chi connectivity index (χ1n) is 12.2. The quantitative estimate of drug-likeness (QED) is 0.351. The number of aryl methyl sites for hydroxylation is 1. The van der Waals surface area contributed by atoms with E-state index in [0.29, 0.717) is 48.9 Å². The van der Waals surface area contributed by atoms with E-state index in [1.807, 2.05) is 60.7 Å². The van der Waals surface area contributed by atoms with E-state index in [2.05, 4.69) is 4.98 Å². The molecule has 8 nitrogen and oxygen atoms in total. The number of hydrogen-bond acceptors (Lipinski definition) is 6. The molecule has 2 aromatic heterocycles. The first-order chi connectivity index (χ1) is 18.0. The standard InChI is InChI=1S/C29H29N3O5/c1-19(33)31(14-12-22(25-10-7-15-37-25)20-8-5-4-6-9-20)28-18-24-23-17-27(36-3)26(35-2)16-21(23)11-13-32(24)29(34)30-28/h4-10,15-18,22H,11-14H2,1-3H3/t22-/m1/s1. The van der Waals surface area contributed by atoms with Crippen molar-refractivity contribution < 1.29 is 18.7 Å². The van der Waals surface area contributed by atoms with Crippen molar-refractivity contribution in [2.24, 2.45) is 0 Å². The molecule has 37 heavy (non-hydrogen) atoms. The number of amides is 1. The molecule has 0 saturated carbocycles. The van der Waals surface area contributed by atoms with E-state index in [-0.39, 0.29) is 17.5 Å². The van der Waals surface area contributed by atoms with Crippen LogP contribution >= 0.6 is 0 Å². The van der Waals surface area contributed by atoms with Crippen LogP contribution in [0.1, 0.15) is 36.1 Å². The van der Waals surface area contributed by atoms with Crippen LogP contribution in [-0.4, -0.2) is 36.2 Å². The minimum atomic E-state index is -0.384. The zero-order valence-corrected chi connectivity index (χ0v) is 21.1. The highest BCUT2D eigenvalue weighted by molar-refractivity contribution is 5.91. The summed E-state index contributed by atoms with van der Waals surface area (Å²) in [5, 5.41) is 0. The van der Waals surface area contributed by atoms with Gasteiger partial charge in [-0.25, -0.2) is 4.79 Å². The number of benzene rings is 2.